The van der Waals surface area contributed by atoms with Crippen molar-refractivity contribution in [1.82, 2.24) is 15.5 Å². The van der Waals surface area contributed by atoms with E-state index in [1.165, 1.54) is 0 Å². The van der Waals surface area contributed by atoms with Crippen molar-refractivity contribution in [2.24, 2.45) is 5.92 Å². The molecule has 6 nitrogen and oxygen atoms in total. The molecule has 2 N–H and O–H groups in total. The van der Waals surface area contributed by atoms with Crippen molar-refractivity contribution in [1.29, 1.82) is 0 Å². The third kappa shape index (κ3) is 8.02. The molecule has 122 valence electrons. The maximum Gasteiger partial charge on any atom is 0.305 e. The van der Waals surface area contributed by atoms with Gasteiger partial charge in [-0.1, -0.05) is 0 Å². The molecule has 0 aromatic carbocycles. The minimum Gasteiger partial charge on any atom is -0.466 e. The number of carbonyl (C=O) groups is 2. The van der Waals surface area contributed by atoms with Gasteiger partial charge < -0.3 is 15.4 Å². The van der Waals surface area contributed by atoms with Crippen LogP contribution in [0.15, 0.2) is 0 Å². The monoisotopic (exact) mass is 299 g/mol. The van der Waals surface area contributed by atoms with Crippen LogP contribution in [0.1, 0.15) is 32.6 Å². The first kappa shape index (κ1) is 17.9. The lowest BCUT2D eigenvalue weighted by Gasteiger charge is -2.31. The van der Waals surface area contributed by atoms with Crippen molar-refractivity contribution < 1.29 is 14.3 Å². The Morgan fingerprint density at radius 1 is 1.29 bits per heavy atom. The topological polar surface area (TPSA) is 70.7 Å². The Labute approximate surface area is 127 Å². The average molecular weight is 299 g/mol. The van der Waals surface area contributed by atoms with Gasteiger partial charge in [-0.05, 0) is 58.8 Å². The minimum atomic E-state index is -0.196. The van der Waals surface area contributed by atoms with Crippen molar-refractivity contribution in [3.8, 4) is 0 Å². The fraction of sp³-hybridized carbons (Fsp3) is 0.867. The molecule has 21 heavy (non-hydrogen) atoms. The first-order chi connectivity index (χ1) is 10.2. The van der Waals surface area contributed by atoms with E-state index in [0.717, 1.165) is 38.4 Å². The lowest BCUT2D eigenvalue weighted by molar-refractivity contribution is -0.143. The molecule has 1 amide bonds. The normalized spacial score (nSPS) is 16.7. The van der Waals surface area contributed by atoms with Crippen molar-refractivity contribution in [3.05, 3.63) is 0 Å². The Morgan fingerprint density at radius 2 is 2.00 bits per heavy atom. The Bertz CT molecular complexity index is 315. The summed E-state index contributed by atoms with van der Waals surface area (Å²) in [6.45, 7) is 6.24. The number of hydrogen-bond acceptors (Lipinski definition) is 5. The second kappa shape index (κ2) is 10.6. The largest absolute Gasteiger partial charge is 0.466 e. The standard InChI is InChI=1S/C15H29N3O3/c1-3-21-15(20)5-4-8-17-14(19)12-18-9-6-13(7-10-18)11-16-2/h13,16H,3-12H2,1-2H3,(H,17,19). The molecule has 1 saturated heterocycles. The van der Waals surface area contributed by atoms with E-state index in [-0.39, 0.29) is 11.9 Å². The summed E-state index contributed by atoms with van der Waals surface area (Å²) < 4.78 is 4.84. The smallest absolute Gasteiger partial charge is 0.305 e. The number of esters is 1. The van der Waals surface area contributed by atoms with E-state index in [1.807, 2.05) is 7.05 Å². The molecule has 1 heterocycles. The molecule has 0 aromatic rings. The van der Waals surface area contributed by atoms with Crippen LogP contribution in [-0.4, -0.2) is 63.2 Å². The minimum absolute atomic E-state index is 0.0472. The summed E-state index contributed by atoms with van der Waals surface area (Å²) in [7, 11) is 1.98. The molecule has 0 aliphatic carbocycles. The summed E-state index contributed by atoms with van der Waals surface area (Å²) >= 11 is 0. The van der Waals surface area contributed by atoms with Crippen molar-refractivity contribution in [2.45, 2.75) is 32.6 Å². The fourth-order valence-electron chi connectivity index (χ4n) is 2.59. The zero-order chi connectivity index (χ0) is 15.5. The van der Waals surface area contributed by atoms with Gasteiger partial charge in [-0.15, -0.1) is 0 Å². The first-order valence-corrected chi connectivity index (χ1v) is 7.95. The van der Waals surface area contributed by atoms with Crippen LogP contribution in [0.25, 0.3) is 0 Å². The Balaban J connectivity index is 2.05. The van der Waals surface area contributed by atoms with Gasteiger partial charge >= 0.3 is 5.97 Å². The number of likely N-dealkylation sites (tertiary alicyclic amines) is 1. The van der Waals surface area contributed by atoms with Crippen LogP contribution in [0.5, 0.6) is 0 Å². The average Bonchev–Trinajstić information content (AvgIpc) is 2.46. The highest BCUT2D eigenvalue weighted by atomic mass is 16.5. The summed E-state index contributed by atoms with van der Waals surface area (Å²) in [5.41, 5.74) is 0. The molecule has 0 spiro atoms. The maximum atomic E-state index is 11.8. The van der Waals surface area contributed by atoms with Gasteiger partial charge in [0, 0.05) is 13.0 Å². The highest BCUT2D eigenvalue weighted by Gasteiger charge is 2.20. The molecule has 1 aliphatic rings. The van der Waals surface area contributed by atoms with Crippen LogP contribution in [0.4, 0.5) is 0 Å². The van der Waals surface area contributed by atoms with Gasteiger partial charge in [0.05, 0.1) is 13.2 Å². The quantitative estimate of drug-likeness (QED) is 0.476. The molecule has 6 heteroatoms. The molecule has 0 aromatic heterocycles. The molecule has 1 aliphatic heterocycles. The summed E-state index contributed by atoms with van der Waals surface area (Å²) in [4.78, 5) is 25.1. The predicted molar refractivity (Wildman–Crippen MR) is 82.0 cm³/mol. The number of amides is 1. The van der Waals surface area contributed by atoms with Crippen LogP contribution < -0.4 is 10.6 Å². The number of nitrogens with one attached hydrogen (secondary N) is 2. The second-order valence-electron chi connectivity index (χ2n) is 5.54. The number of rotatable bonds is 9. The number of piperidine rings is 1. The van der Waals surface area contributed by atoms with Crippen LogP contribution in [0.3, 0.4) is 0 Å². The maximum absolute atomic E-state index is 11.8. The van der Waals surface area contributed by atoms with E-state index < -0.39 is 0 Å². The molecule has 0 unspecified atom stereocenters. The van der Waals surface area contributed by atoms with Gasteiger partial charge in [0.15, 0.2) is 0 Å². The van der Waals surface area contributed by atoms with Crippen LogP contribution in [-0.2, 0) is 14.3 Å². The van der Waals surface area contributed by atoms with E-state index in [9.17, 15) is 9.59 Å². The second-order valence-corrected chi connectivity index (χ2v) is 5.54. The van der Waals surface area contributed by atoms with Gasteiger partial charge in [-0.25, -0.2) is 0 Å². The number of nitrogens with zero attached hydrogens (tertiary/aromatic N) is 1. The van der Waals surface area contributed by atoms with Gasteiger partial charge in [0.2, 0.25) is 5.91 Å². The van der Waals surface area contributed by atoms with E-state index in [4.69, 9.17) is 4.74 Å². The molecule has 0 radical (unpaired) electrons. The van der Waals surface area contributed by atoms with Crippen molar-refractivity contribution >= 4 is 11.9 Å². The number of hydrogen-bond donors (Lipinski definition) is 2. The molecular formula is C15H29N3O3. The SMILES string of the molecule is CCOC(=O)CCCNC(=O)CN1CCC(CNC)CC1. The number of carbonyl (C=O) groups excluding carboxylic acids is 2. The lowest BCUT2D eigenvalue weighted by Crippen LogP contribution is -2.42. The van der Waals surface area contributed by atoms with Crippen LogP contribution in [0, 0.1) is 5.92 Å². The van der Waals surface area contributed by atoms with Gasteiger partial charge in [0.25, 0.3) is 0 Å². The van der Waals surface area contributed by atoms with E-state index >= 15 is 0 Å². The highest BCUT2D eigenvalue weighted by Crippen LogP contribution is 2.15. The molecule has 1 fully saturated rings. The van der Waals surface area contributed by atoms with E-state index in [1.54, 1.807) is 6.92 Å². The van der Waals surface area contributed by atoms with Crippen molar-refractivity contribution in [2.75, 3.05) is 46.4 Å². The summed E-state index contributed by atoms with van der Waals surface area (Å²) in [6.07, 6.45) is 3.30. The highest BCUT2D eigenvalue weighted by molar-refractivity contribution is 5.78. The number of ether oxygens (including phenoxy) is 1. The Morgan fingerprint density at radius 3 is 2.62 bits per heavy atom. The van der Waals surface area contributed by atoms with Crippen LogP contribution >= 0.6 is 0 Å². The van der Waals surface area contributed by atoms with Crippen molar-refractivity contribution in [3.63, 3.8) is 0 Å². The van der Waals surface area contributed by atoms with Gasteiger partial charge in [-0.3, -0.25) is 14.5 Å². The molecule has 0 saturated carbocycles. The van der Waals surface area contributed by atoms with E-state index in [0.29, 0.717) is 32.5 Å². The van der Waals surface area contributed by atoms with Gasteiger partial charge in [0.1, 0.15) is 0 Å². The molecule has 0 atom stereocenters. The Kier molecular flexibility index (Phi) is 9.01. The predicted octanol–water partition coefficient (Wildman–Crippen LogP) is 0.377. The third-order valence-electron chi connectivity index (χ3n) is 3.75. The fourth-order valence-corrected chi connectivity index (χ4v) is 2.59. The zero-order valence-electron chi connectivity index (χ0n) is 13.3. The molecule has 0 bridgehead atoms. The summed E-state index contributed by atoms with van der Waals surface area (Å²) in [5.74, 6) is 0.586. The lowest BCUT2D eigenvalue weighted by atomic mass is 9.97. The summed E-state index contributed by atoms with van der Waals surface area (Å²) in [5, 5.41) is 6.07. The first-order valence-electron chi connectivity index (χ1n) is 7.95. The summed E-state index contributed by atoms with van der Waals surface area (Å²) in [6, 6.07) is 0. The van der Waals surface area contributed by atoms with Gasteiger partial charge in [-0.2, -0.15) is 0 Å². The van der Waals surface area contributed by atoms with Crippen LogP contribution in [0.2, 0.25) is 0 Å². The Hall–Kier alpha value is -1.14. The molecule has 1 rings (SSSR count). The van der Waals surface area contributed by atoms with E-state index in [2.05, 4.69) is 15.5 Å². The third-order valence-corrected chi connectivity index (χ3v) is 3.75. The zero-order valence-corrected chi connectivity index (χ0v) is 13.3. The molecular weight excluding hydrogens is 270 g/mol.